The lowest BCUT2D eigenvalue weighted by molar-refractivity contribution is -0.104. The van der Waals surface area contributed by atoms with E-state index in [1.54, 1.807) is 30.1 Å². The molecule has 1 aliphatic carbocycles. The number of carbonyl (C=O) groups excluding carboxylic acids is 2. The first-order chi connectivity index (χ1) is 22.2. The standard InChI is InChI=1S/C37H52N4O4S/c1-7-11-34(41(37(46-6)45-22-8-2)36-23-31(28(4)43)14-13-27(36)3)26-40-19-17-30(18-20-40)35(12-9-10-21-42)39-25-33-16-15-32(24-38-33)29(5)44/h9-16,21,23-24,27,30,36-37,39,43H,4,7-8,17-20,22,25-26H2,1-3,5-6H3/b10-9?,34-11+,35-12?. The number of aromatic nitrogens is 1. The van der Waals surface area contributed by atoms with E-state index in [0.717, 1.165) is 68.6 Å². The molecule has 9 heteroatoms. The van der Waals surface area contributed by atoms with Crippen LogP contribution in [0.3, 0.4) is 0 Å². The molecule has 46 heavy (non-hydrogen) atoms. The maximum atomic E-state index is 11.6. The molecule has 1 aromatic heterocycles. The Bertz CT molecular complexity index is 1310. The number of hydrogen-bond donors (Lipinski definition) is 2. The molecule has 0 spiro atoms. The highest BCUT2D eigenvalue weighted by atomic mass is 32.2. The molecule has 1 fully saturated rings. The number of carbonyl (C=O) groups is 2. The number of Topliss-reactive ketones (excluding diaryl/α,β-unsaturated/α-hetero) is 1. The first-order valence-corrected chi connectivity index (χ1v) is 17.6. The van der Waals surface area contributed by atoms with E-state index in [9.17, 15) is 14.7 Å². The quantitative estimate of drug-likeness (QED) is 0.0437. The van der Waals surface area contributed by atoms with Crippen molar-refractivity contribution in [2.45, 2.75) is 71.5 Å². The van der Waals surface area contributed by atoms with Crippen LogP contribution < -0.4 is 5.32 Å². The van der Waals surface area contributed by atoms with Crippen LogP contribution in [-0.4, -0.2) is 76.1 Å². The van der Waals surface area contributed by atoms with Crippen molar-refractivity contribution in [1.82, 2.24) is 20.1 Å². The van der Waals surface area contributed by atoms with E-state index in [4.69, 9.17) is 4.74 Å². The lowest BCUT2D eigenvalue weighted by Crippen LogP contribution is -2.48. The third-order valence-corrected chi connectivity index (χ3v) is 9.14. The third-order valence-electron chi connectivity index (χ3n) is 8.37. The molecule has 1 aliphatic heterocycles. The molecule has 1 saturated heterocycles. The van der Waals surface area contributed by atoms with E-state index < -0.39 is 0 Å². The monoisotopic (exact) mass is 648 g/mol. The number of likely N-dealkylation sites (tertiary alicyclic amines) is 1. The summed E-state index contributed by atoms with van der Waals surface area (Å²) in [6.45, 7) is 15.7. The van der Waals surface area contributed by atoms with Crippen molar-refractivity contribution < 1.29 is 19.4 Å². The Balaban J connectivity index is 1.77. The minimum absolute atomic E-state index is 0.00163. The van der Waals surface area contributed by atoms with E-state index >= 15 is 0 Å². The van der Waals surface area contributed by atoms with Gasteiger partial charge in [-0.3, -0.25) is 19.5 Å². The molecule has 3 atom stereocenters. The van der Waals surface area contributed by atoms with Crippen molar-refractivity contribution in [3.8, 4) is 0 Å². The molecular weight excluding hydrogens is 596 g/mol. The van der Waals surface area contributed by atoms with Gasteiger partial charge in [-0.2, -0.15) is 0 Å². The molecule has 0 amide bonds. The largest absolute Gasteiger partial charge is 0.508 e. The van der Waals surface area contributed by atoms with Crippen molar-refractivity contribution in [2.24, 2.45) is 11.8 Å². The van der Waals surface area contributed by atoms with Crippen molar-refractivity contribution in [3.05, 3.63) is 101 Å². The predicted molar refractivity (Wildman–Crippen MR) is 189 cm³/mol. The number of piperidine rings is 1. The molecule has 2 heterocycles. The molecule has 1 aromatic rings. The number of nitrogens with zero attached hydrogens (tertiary/aromatic N) is 3. The van der Waals surface area contributed by atoms with E-state index in [1.807, 2.05) is 18.2 Å². The van der Waals surface area contributed by atoms with Crippen LogP contribution in [0, 0.1) is 11.8 Å². The number of pyridine rings is 1. The van der Waals surface area contributed by atoms with Gasteiger partial charge in [0.2, 0.25) is 0 Å². The zero-order valence-corrected chi connectivity index (χ0v) is 29.0. The summed E-state index contributed by atoms with van der Waals surface area (Å²) in [5.41, 5.74) is 4.35. The number of hydrogen-bond acceptors (Lipinski definition) is 9. The van der Waals surface area contributed by atoms with Gasteiger partial charge in [0.1, 0.15) is 12.0 Å². The Hall–Kier alpha value is -3.40. The van der Waals surface area contributed by atoms with Crippen LogP contribution in [0.2, 0.25) is 0 Å². The van der Waals surface area contributed by atoms with E-state index in [0.29, 0.717) is 24.6 Å². The summed E-state index contributed by atoms with van der Waals surface area (Å²) >= 11 is 1.70. The normalized spacial score (nSPS) is 20.4. The minimum atomic E-state index is -0.167. The van der Waals surface area contributed by atoms with Gasteiger partial charge >= 0.3 is 0 Å². The first-order valence-electron chi connectivity index (χ1n) is 16.4. The smallest absolute Gasteiger partial charge is 0.178 e. The number of rotatable bonds is 18. The lowest BCUT2D eigenvalue weighted by Gasteiger charge is -2.44. The average molecular weight is 649 g/mol. The molecule has 0 radical (unpaired) electrons. The molecule has 0 saturated carbocycles. The Labute approximate surface area is 280 Å². The predicted octanol–water partition coefficient (Wildman–Crippen LogP) is 6.97. The van der Waals surface area contributed by atoms with Crippen molar-refractivity contribution >= 4 is 23.8 Å². The lowest BCUT2D eigenvalue weighted by atomic mass is 9.90. The number of ketones is 1. The number of nitrogens with one attached hydrogen (secondary N) is 1. The molecule has 3 rings (SSSR count). The van der Waals surface area contributed by atoms with Gasteiger partial charge in [-0.1, -0.05) is 57.7 Å². The van der Waals surface area contributed by atoms with Gasteiger partial charge in [0.05, 0.1) is 18.3 Å². The number of aliphatic hydroxyl groups excluding tert-OH is 1. The van der Waals surface area contributed by atoms with Crippen LogP contribution in [0.15, 0.2) is 90.2 Å². The highest BCUT2D eigenvalue weighted by molar-refractivity contribution is 7.99. The third kappa shape index (κ3) is 10.9. The fraction of sp³-hybridized carbons (Fsp3) is 0.486. The summed E-state index contributed by atoms with van der Waals surface area (Å²) in [5.74, 6) is 0.615. The van der Waals surface area contributed by atoms with Crippen LogP contribution in [0.1, 0.15) is 69.4 Å². The van der Waals surface area contributed by atoms with Crippen molar-refractivity contribution in [2.75, 3.05) is 32.5 Å². The molecule has 3 unspecified atom stereocenters. The highest BCUT2D eigenvalue weighted by Gasteiger charge is 2.33. The van der Waals surface area contributed by atoms with Crippen LogP contribution in [-0.2, 0) is 16.1 Å². The van der Waals surface area contributed by atoms with Crippen molar-refractivity contribution in [3.63, 3.8) is 0 Å². The second kappa shape index (κ2) is 19.3. The topological polar surface area (TPSA) is 95.0 Å². The summed E-state index contributed by atoms with van der Waals surface area (Å²) in [6, 6.07) is 3.69. The maximum Gasteiger partial charge on any atom is 0.178 e. The van der Waals surface area contributed by atoms with Gasteiger partial charge in [-0.05, 0) is 82.2 Å². The molecular formula is C37H52N4O4S. The second-order valence-corrected chi connectivity index (χ2v) is 12.7. The zero-order valence-electron chi connectivity index (χ0n) is 28.2. The van der Waals surface area contributed by atoms with Crippen LogP contribution in [0.5, 0.6) is 0 Å². The maximum absolute atomic E-state index is 11.6. The average Bonchev–Trinajstić information content (AvgIpc) is 3.05. The SMILES string of the molecule is C=C(O)C1=CC(N(/C(=C/CC)CN2CCC(C(=CC=CC=O)NCc3ccc(C(C)=O)cn3)CC2)C(OCCC)SC)C(C)C=C1. The molecule has 250 valence electrons. The summed E-state index contributed by atoms with van der Waals surface area (Å²) < 4.78 is 6.42. The number of aliphatic hydroxyl groups is 1. The Morgan fingerprint density at radius 2 is 2.04 bits per heavy atom. The number of ether oxygens (including phenoxy) is 1. The number of allylic oxidation sites excluding steroid dienone is 6. The van der Waals surface area contributed by atoms with Crippen molar-refractivity contribution in [1.29, 1.82) is 0 Å². The van der Waals surface area contributed by atoms with Gasteiger partial charge < -0.3 is 20.1 Å². The molecule has 2 aliphatic rings. The van der Waals surface area contributed by atoms with Gasteiger partial charge in [0.15, 0.2) is 11.3 Å². The highest BCUT2D eigenvalue weighted by Crippen LogP contribution is 2.33. The van der Waals surface area contributed by atoms with Gasteiger partial charge in [-0.15, -0.1) is 11.8 Å². The second-order valence-electron chi connectivity index (χ2n) is 11.8. The van der Waals surface area contributed by atoms with Crippen LogP contribution in [0.25, 0.3) is 0 Å². The number of aldehydes is 1. The summed E-state index contributed by atoms with van der Waals surface area (Å²) in [7, 11) is 0. The fourth-order valence-electron chi connectivity index (χ4n) is 5.83. The van der Waals surface area contributed by atoms with Gasteiger partial charge in [0.25, 0.3) is 0 Å². The van der Waals surface area contributed by atoms with Gasteiger partial charge in [-0.25, -0.2) is 0 Å². The van der Waals surface area contributed by atoms with E-state index in [2.05, 4.69) is 71.9 Å². The molecule has 8 nitrogen and oxygen atoms in total. The van der Waals surface area contributed by atoms with Crippen LogP contribution in [0.4, 0.5) is 0 Å². The zero-order chi connectivity index (χ0) is 33.5. The van der Waals surface area contributed by atoms with Crippen LogP contribution >= 0.6 is 11.8 Å². The van der Waals surface area contributed by atoms with E-state index in [1.165, 1.54) is 18.7 Å². The Morgan fingerprint density at radius 1 is 1.28 bits per heavy atom. The summed E-state index contributed by atoms with van der Waals surface area (Å²) in [5, 5.41) is 13.8. The summed E-state index contributed by atoms with van der Waals surface area (Å²) in [4.78, 5) is 32.0. The Morgan fingerprint density at radius 3 is 2.63 bits per heavy atom. The summed E-state index contributed by atoms with van der Waals surface area (Å²) in [6.07, 6.45) is 22.1. The minimum Gasteiger partial charge on any atom is -0.508 e. The number of thioether (sulfide) groups is 1. The van der Waals surface area contributed by atoms with E-state index in [-0.39, 0.29) is 29.1 Å². The fourth-order valence-corrected chi connectivity index (χ4v) is 6.56. The molecule has 0 bridgehead atoms. The molecule has 0 aromatic carbocycles. The Kier molecular flexibility index (Phi) is 15.6. The van der Waals surface area contributed by atoms with Gasteiger partial charge in [0, 0.05) is 47.8 Å². The first kappa shape index (κ1) is 37.1. The molecule has 2 N–H and O–H groups in total.